The third-order valence-corrected chi connectivity index (χ3v) is 10.2. The molecule has 0 aromatic heterocycles. The lowest BCUT2D eigenvalue weighted by Gasteiger charge is -2.36. The van der Waals surface area contributed by atoms with Crippen LogP contribution in [0.4, 0.5) is 4.79 Å². The van der Waals surface area contributed by atoms with Crippen molar-refractivity contribution in [1.29, 1.82) is 0 Å². The topological polar surface area (TPSA) is 163 Å². The summed E-state index contributed by atoms with van der Waals surface area (Å²) in [6, 6.07) is -4.47. The highest BCUT2D eigenvalue weighted by molar-refractivity contribution is 6.38. The van der Waals surface area contributed by atoms with Crippen molar-refractivity contribution in [3.05, 3.63) is 12.7 Å². The molecule has 1 unspecified atom stereocenters. The fourth-order valence-electron chi connectivity index (χ4n) is 6.91. The van der Waals surface area contributed by atoms with Gasteiger partial charge in [-0.05, 0) is 68.6 Å². The van der Waals surface area contributed by atoms with Crippen molar-refractivity contribution >= 4 is 35.5 Å². The highest BCUT2D eigenvalue weighted by atomic mass is 16.5. The second-order valence-electron chi connectivity index (χ2n) is 15.9. The second-order valence-corrected chi connectivity index (χ2v) is 15.9. The first-order valence-electron chi connectivity index (χ1n) is 18.7. The molecule has 5 amide bonds. The number of nitrogens with one attached hydrogen (secondary N) is 4. The molecule has 284 valence electrons. The number of amides is 5. The standard InChI is InChI=1S/C38H65N5O7/c1-11-13-19-28(31(44)34(46)39-20-12-2)40-33(45)29-21-27(25(7)23(3)4)22-43(29)35(47)30(26-17-15-14-16-18-26)41-37(49)42-32(38(8,9)10)36(48)50-24(5)6/h12,23-30,32H,2,11,13-22H2,1,3-10H3,(H,39,46)(H,40,45)(H2,41,42,49)/t25-,27-,28?,29+,30+,32-/m1/s1. The molecule has 1 aliphatic carbocycles. The Balaban J connectivity index is 2.44. The molecule has 1 aliphatic heterocycles. The monoisotopic (exact) mass is 703 g/mol. The Morgan fingerprint density at radius 2 is 1.56 bits per heavy atom. The van der Waals surface area contributed by atoms with Crippen LogP contribution in [0.15, 0.2) is 12.7 Å². The minimum absolute atomic E-state index is 0.00675. The number of unbranched alkanes of at least 4 members (excludes halogenated alkanes) is 1. The van der Waals surface area contributed by atoms with Gasteiger partial charge in [0.15, 0.2) is 0 Å². The Hall–Kier alpha value is -3.44. The number of rotatable bonds is 17. The number of hydrogen-bond acceptors (Lipinski definition) is 7. The first-order valence-corrected chi connectivity index (χ1v) is 18.7. The number of hydrogen-bond donors (Lipinski definition) is 4. The summed E-state index contributed by atoms with van der Waals surface area (Å²) in [5.41, 5.74) is -0.666. The maximum absolute atomic E-state index is 14.7. The lowest BCUT2D eigenvalue weighted by Crippen LogP contribution is -2.61. The van der Waals surface area contributed by atoms with E-state index in [0.717, 1.165) is 38.5 Å². The van der Waals surface area contributed by atoms with Crippen LogP contribution < -0.4 is 21.3 Å². The van der Waals surface area contributed by atoms with Crippen molar-refractivity contribution in [2.45, 2.75) is 150 Å². The van der Waals surface area contributed by atoms with E-state index in [1.807, 2.05) is 27.7 Å². The molecule has 6 atom stereocenters. The van der Waals surface area contributed by atoms with Crippen molar-refractivity contribution in [2.24, 2.45) is 29.1 Å². The number of urea groups is 1. The first kappa shape index (κ1) is 42.7. The molecule has 1 saturated carbocycles. The predicted molar refractivity (Wildman–Crippen MR) is 194 cm³/mol. The number of ether oxygens (including phenoxy) is 1. The minimum Gasteiger partial charge on any atom is -0.461 e. The summed E-state index contributed by atoms with van der Waals surface area (Å²) in [6.07, 6.45) is 7.49. The fraction of sp³-hybridized carbons (Fsp3) is 0.789. The minimum atomic E-state index is -1.04. The van der Waals surface area contributed by atoms with Crippen LogP contribution in [0, 0.1) is 29.1 Å². The van der Waals surface area contributed by atoms with Gasteiger partial charge in [0, 0.05) is 13.1 Å². The van der Waals surface area contributed by atoms with E-state index in [1.165, 1.54) is 6.08 Å². The van der Waals surface area contributed by atoms with Crippen molar-refractivity contribution < 1.29 is 33.5 Å². The smallest absolute Gasteiger partial charge is 0.329 e. The lowest BCUT2D eigenvalue weighted by molar-refractivity contribution is -0.152. The number of carbonyl (C=O) groups excluding carboxylic acids is 6. The van der Waals surface area contributed by atoms with E-state index in [9.17, 15) is 28.8 Å². The zero-order chi connectivity index (χ0) is 37.8. The zero-order valence-corrected chi connectivity index (χ0v) is 32.1. The molecule has 0 aromatic carbocycles. The van der Waals surface area contributed by atoms with Gasteiger partial charge in [-0.25, -0.2) is 9.59 Å². The van der Waals surface area contributed by atoms with Crippen LogP contribution in [0.1, 0.15) is 120 Å². The molecular weight excluding hydrogens is 638 g/mol. The van der Waals surface area contributed by atoms with E-state index in [-0.39, 0.29) is 42.7 Å². The van der Waals surface area contributed by atoms with Crippen LogP contribution in [-0.2, 0) is 28.7 Å². The average molecular weight is 704 g/mol. The number of ketones is 1. The van der Waals surface area contributed by atoms with Crippen LogP contribution in [0.25, 0.3) is 0 Å². The van der Waals surface area contributed by atoms with E-state index in [0.29, 0.717) is 25.3 Å². The molecule has 0 aromatic rings. The lowest BCUT2D eigenvalue weighted by atomic mass is 9.83. The van der Waals surface area contributed by atoms with Gasteiger partial charge >= 0.3 is 12.0 Å². The normalized spacial score (nSPS) is 20.7. The molecule has 2 rings (SSSR count). The van der Waals surface area contributed by atoms with Crippen LogP contribution in [0.5, 0.6) is 0 Å². The molecule has 0 radical (unpaired) electrons. The Morgan fingerprint density at radius 1 is 0.920 bits per heavy atom. The second kappa shape index (κ2) is 19.8. The number of esters is 1. The average Bonchev–Trinajstić information content (AvgIpc) is 3.51. The molecule has 12 nitrogen and oxygen atoms in total. The van der Waals surface area contributed by atoms with E-state index in [4.69, 9.17) is 4.74 Å². The summed E-state index contributed by atoms with van der Waals surface area (Å²) in [5, 5.41) is 11.0. The largest absolute Gasteiger partial charge is 0.461 e. The maximum atomic E-state index is 14.7. The van der Waals surface area contributed by atoms with Gasteiger partial charge in [0.25, 0.3) is 5.91 Å². The third kappa shape index (κ3) is 12.4. The molecule has 12 heteroatoms. The third-order valence-electron chi connectivity index (χ3n) is 10.2. The van der Waals surface area contributed by atoms with Gasteiger partial charge < -0.3 is 30.9 Å². The molecule has 0 bridgehead atoms. The van der Waals surface area contributed by atoms with Gasteiger partial charge in [-0.2, -0.15) is 0 Å². The predicted octanol–water partition coefficient (Wildman–Crippen LogP) is 4.66. The van der Waals surface area contributed by atoms with Crippen LogP contribution in [0.3, 0.4) is 0 Å². The summed E-state index contributed by atoms with van der Waals surface area (Å²) in [6.45, 7) is 21.3. The first-order chi connectivity index (χ1) is 23.4. The van der Waals surface area contributed by atoms with Crippen molar-refractivity contribution in [2.75, 3.05) is 13.1 Å². The number of Topliss-reactive ketones (excluding diaryl/α,β-unsaturated/α-hetero) is 1. The summed E-state index contributed by atoms with van der Waals surface area (Å²) in [7, 11) is 0. The van der Waals surface area contributed by atoms with Gasteiger partial charge in [0.1, 0.15) is 18.1 Å². The molecule has 1 heterocycles. The fourth-order valence-corrected chi connectivity index (χ4v) is 6.91. The van der Waals surface area contributed by atoms with Gasteiger partial charge in [0.2, 0.25) is 17.6 Å². The molecular formula is C38H65N5O7. The Morgan fingerprint density at radius 3 is 2.10 bits per heavy atom. The molecule has 50 heavy (non-hydrogen) atoms. The SMILES string of the molecule is C=CCNC(=O)C(=O)C(CCCC)NC(=O)[C@@H]1C[C@@H]([C@H](C)C(C)C)CN1C(=O)[C@@H](NC(=O)N[C@H](C(=O)OC(C)C)C(C)(C)C)C1CCCCC1. The summed E-state index contributed by atoms with van der Waals surface area (Å²) >= 11 is 0. The van der Waals surface area contributed by atoms with E-state index in [2.05, 4.69) is 48.6 Å². The summed E-state index contributed by atoms with van der Waals surface area (Å²) in [4.78, 5) is 82.7. The van der Waals surface area contributed by atoms with Gasteiger partial charge in [-0.15, -0.1) is 6.58 Å². The van der Waals surface area contributed by atoms with Crippen LogP contribution in [-0.4, -0.2) is 83.8 Å². The van der Waals surface area contributed by atoms with Crippen LogP contribution in [0.2, 0.25) is 0 Å². The zero-order valence-electron chi connectivity index (χ0n) is 32.1. The quantitative estimate of drug-likeness (QED) is 0.0973. The molecule has 4 N–H and O–H groups in total. The highest BCUT2D eigenvalue weighted by Gasteiger charge is 2.46. The van der Waals surface area contributed by atoms with E-state index in [1.54, 1.807) is 18.7 Å². The molecule has 0 spiro atoms. The van der Waals surface area contributed by atoms with Crippen LogP contribution >= 0.6 is 0 Å². The Kier molecular flexibility index (Phi) is 16.9. The molecule has 1 saturated heterocycles. The number of likely N-dealkylation sites (tertiary alicyclic amines) is 1. The van der Waals surface area contributed by atoms with Crippen molar-refractivity contribution in [3.63, 3.8) is 0 Å². The highest BCUT2D eigenvalue weighted by Crippen LogP contribution is 2.35. The summed E-state index contributed by atoms with van der Waals surface area (Å²) < 4.78 is 5.44. The van der Waals surface area contributed by atoms with Crippen molar-refractivity contribution in [3.8, 4) is 0 Å². The Bertz CT molecular complexity index is 1190. The van der Waals surface area contributed by atoms with Gasteiger partial charge in [-0.3, -0.25) is 19.2 Å². The summed E-state index contributed by atoms with van der Waals surface area (Å²) in [5.74, 6) is -2.60. The number of carbonyl (C=O) groups is 6. The Labute approximate surface area is 300 Å². The maximum Gasteiger partial charge on any atom is 0.329 e. The van der Waals surface area contributed by atoms with Gasteiger partial charge in [-0.1, -0.05) is 86.6 Å². The van der Waals surface area contributed by atoms with Gasteiger partial charge in [0.05, 0.1) is 12.1 Å². The molecule has 2 aliphatic rings. The molecule has 2 fully saturated rings. The van der Waals surface area contributed by atoms with E-state index >= 15 is 0 Å². The number of nitrogens with zero attached hydrogens (tertiary/aromatic N) is 1. The van der Waals surface area contributed by atoms with Crippen molar-refractivity contribution in [1.82, 2.24) is 26.2 Å². The van der Waals surface area contributed by atoms with E-state index < -0.39 is 59.2 Å².